The molecule has 4 heteroatoms. The van der Waals surface area contributed by atoms with E-state index in [9.17, 15) is 0 Å². The summed E-state index contributed by atoms with van der Waals surface area (Å²) in [5.41, 5.74) is 16.2. The first kappa shape index (κ1) is 34.1. The van der Waals surface area contributed by atoms with Crippen LogP contribution >= 0.6 is 0 Å². The van der Waals surface area contributed by atoms with Crippen LogP contribution in [0.1, 0.15) is 22.3 Å². The average Bonchev–Trinajstić information content (AvgIpc) is 3.62. The van der Waals surface area contributed by atoms with Crippen LogP contribution in [-0.4, -0.2) is 15.0 Å². The first-order chi connectivity index (χ1) is 29.7. The van der Waals surface area contributed by atoms with Crippen molar-refractivity contribution in [3.63, 3.8) is 0 Å². The Morgan fingerprint density at radius 2 is 0.917 bits per heavy atom. The number of nitrogens with zero attached hydrogens (tertiary/aromatic N) is 3. The zero-order chi connectivity index (χ0) is 39.6. The number of rotatable bonds is 5. The minimum absolute atomic E-state index is 0.647. The lowest BCUT2D eigenvalue weighted by atomic mass is 9.65. The molecule has 0 radical (unpaired) electrons. The maximum atomic E-state index is 7.46. The summed E-state index contributed by atoms with van der Waals surface area (Å²) in [4.78, 5) is 15.4. The van der Waals surface area contributed by atoms with Crippen LogP contribution < -0.4 is 4.74 Å². The van der Waals surface area contributed by atoms with Gasteiger partial charge in [0.15, 0.2) is 5.82 Å². The smallest absolute Gasteiger partial charge is 0.160 e. The van der Waals surface area contributed by atoms with E-state index in [0.717, 1.165) is 83.9 Å². The summed E-state index contributed by atoms with van der Waals surface area (Å²) >= 11 is 0. The quantitative estimate of drug-likeness (QED) is 0.175. The molecule has 0 bridgehead atoms. The fraction of sp³-hybridized carbons (Fsp3) is 0.0179. The van der Waals surface area contributed by atoms with E-state index < -0.39 is 5.41 Å². The molecule has 0 N–H and O–H groups in total. The predicted octanol–water partition coefficient (Wildman–Crippen LogP) is 13.8. The Morgan fingerprint density at radius 3 is 1.67 bits per heavy atom. The molecule has 0 saturated carbocycles. The topological polar surface area (TPSA) is 47.9 Å². The van der Waals surface area contributed by atoms with Gasteiger partial charge in [0.2, 0.25) is 0 Å². The SMILES string of the molecule is c1ccc(-c2cccc(-c3nc(-c4ccccc4)cc(-c4cccc5c4Oc4c(-c6ccc7cccnc7c6)cccc4C54c5ccccc5-c5ccccc54)n3)c2)cc1. The Bertz CT molecular complexity index is 3260. The molecule has 0 fully saturated rings. The zero-order valence-corrected chi connectivity index (χ0v) is 32.5. The van der Waals surface area contributed by atoms with Crippen LogP contribution in [0.2, 0.25) is 0 Å². The molecule has 280 valence electrons. The van der Waals surface area contributed by atoms with Crippen molar-refractivity contribution < 1.29 is 4.74 Å². The number of pyridine rings is 1. The first-order valence-electron chi connectivity index (χ1n) is 20.3. The summed E-state index contributed by atoms with van der Waals surface area (Å²) in [5, 5.41) is 1.10. The summed E-state index contributed by atoms with van der Waals surface area (Å²) in [5.74, 6) is 2.26. The molecule has 4 nitrogen and oxygen atoms in total. The Hall–Kier alpha value is -7.95. The number of aromatic nitrogens is 3. The zero-order valence-electron chi connectivity index (χ0n) is 32.5. The molecule has 2 aromatic heterocycles. The molecule has 1 spiro atoms. The molecule has 1 aliphatic carbocycles. The van der Waals surface area contributed by atoms with Crippen LogP contribution in [0, 0.1) is 0 Å². The summed E-state index contributed by atoms with van der Waals surface area (Å²) in [6, 6.07) is 72.9. The number of ether oxygens (including phenoxy) is 1. The van der Waals surface area contributed by atoms with Crippen LogP contribution in [0.3, 0.4) is 0 Å². The molecule has 3 heterocycles. The van der Waals surface area contributed by atoms with Gasteiger partial charge in [-0.15, -0.1) is 0 Å². The third kappa shape index (κ3) is 5.21. The molecule has 0 unspecified atom stereocenters. The van der Waals surface area contributed by atoms with E-state index in [-0.39, 0.29) is 0 Å². The van der Waals surface area contributed by atoms with Gasteiger partial charge >= 0.3 is 0 Å². The first-order valence-corrected chi connectivity index (χ1v) is 20.3. The van der Waals surface area contributed by atoms with Crippen molar-refractivity contribution in [2.45, 2.75) is 5.41 Å². The van der Waals surface area contributed by atoms with Crippen LogP contribution in [0.4, 0.5) is 0 Å². The third-order valence-electron chi connectivity index (χ3n) is 12.2. The second kappa shape index (κ2) is 13.6. The fourth-order valence-corrected chi connectivity index (χ4v) is 9.55. The van der Waals surface area contributed by atoms with Crippen LogP contribution in [-0.2, 0) is 5.41 Å². The van der Waals surface area contributed by atoms with Gasteiger partial charge in [-0.25, -0.2) is 9.97 Å². The van der Waals surface area contributed by atoms with Crippen molar-refractivity contribution >= 4 is 10.9 Å². The second-order valence-corrected chi connectivity index (χ2v) is 15.5. The molecular weight excluding hydrogens is 731 g/mol. The highest BCUT2D eigenvalue weighted by Crippen LogP contribution is 2.64. The van der Waals surface area contributed by atoms with Crippen molar-refractivity contribution in [1.29, 1.82) is 0 Å². The van der Waals surface area contributed by atoms with Crippen molar-refractivity contribution in [3.8, 4) is 78.8 Å². The average molecular weight is 766 g/mol. The minimum Gasteiger partial charge on any atom is -0.455 e. The predicted molar refractivity (Wildman–Crippen MR) is 242 cm³/mol. The Balaban J connectivity index is 1.14. The molecule has 0 saturated heterocycles. The Morgan fingerprint density at radius 1 is 0.350 bits per heavy atom. The van der Waals surface area contributed by atoms with Gasteiger partial charge in [-0.1, -0.05) is 176 Å². The van der Waals surface area contributed by atoms with Crippen LogP contribution in [0.5, 0.6) is 11.5 Å². The van der Waals surface area contributed by atoms with E-state index >= 15 is 0 Å². The number of fused-ring (bicyclic) bond motifs is 10. The van der Waals surface area contributed by atoms with Gasteiger partial charge in [-0.05, 0) is 69.3 Å². The summed E-state index contributed by atoms with van der Waals surface area (Å²) in [6.45, 7) is 0. The molecule has 12 rings (SSSR count). The van der Waals surface area contributed by atoms with Crippen LogP contribution in [0.15, 0.2) is 212 Å². The molecule has 0 amide bonds. The highest BCUT2D eigenvalue weighted by Gasteiger charge is 2.52. The monoisotopic (exact) mass is 765 g/mol. The molecule has 0 atom stereocenters. The van der Waals surface area contributed by atoms with E-state index in [2.05, 4.69) is 188 Å². The van der Waals surface area contributed by atoms with E-state index in [1.165, 1.54) is 22.3 Å². The minimum atomic E-state index is -0.667. The molecule has 2 aliphatic rings. The fourth-order valence-electron chi connectivity index (χ4n) is 9.55. The van der Waals surface area contributed by atoms with E-state index in [0.29, 0.717) is 5.82 Å². The van der Waals surface area contributed by atoms with Gasteiger partial charge in [0, 0.05) is 45.0 Å². The lowest BCUT2D eigenvalue weighted by Gasteiger charge is -2.40. The maximum Gasteiger partial charge on any atom is 0.160 e. The number of benzene rings is 8. The molecule has 1 aliphatic heterocycles. The number of hydrogen-bond donors (Lipinski definition) is 0. The molecular formula is C56H35N3O. The van der Waals surface area contributed by atoms with Gasteiger partial charge < -0.3 is 4.74 Å². The van der Waals surface area contributed by atoms with E-state index in [1.807, 2.05) is 24.4 Å². The molecule has 10 aromatic rings. The van der Waals surface area contributed by atoms with E-state index in [1.54, 1.807) is 0 Å². The van der Waals surface area contributed by atoms with Crippen molar-refractivity contribution in [2.24, 2.45) is 0 Å². The van der Waals surface area contributed by atoms with Crippen molar-refractivity contribution in [2.75, 3.05) is 0 Å². The maximum absolute atomic E-state index is 7.46. The number of para-hydroxylation sites is 2. The highest BCUT2D eigenvalue weighted by molar-refractivity contribution is 5.93. The van der Waals surface area contributed by atoms with Crippen molar-refractivity contribution in [1.82, 2.24) is 15.0 Å². The highest BCUT2D eigenvalue weighted by atomic mass is 16.5. The van der Waals surface area contributed by atoms with Crippen LogP contribution in [0.25, 0.3) is 78.2 Å². The van der Waals surface area contributed by atoms with Gasteiger partial charge in [-0.2, -0.15) is 0 Å². The van der Waals surface area contributed by atoms with Gasteiger partial charge in [-0.3, -0.25) is 4.98 Å². The molecule has 60 heavy (non-hydrogen) atoms. The van der Waals surface area contributed by atoms with Gasteiger partial charge in [0.05, 0.1) is 22.3 Å². The Labute approximate surface area is 348 Å². The summed E-state index contributed by atoms with van der Waals surface area (Å²) in [7, 11) is 0. The third-order valence-corrected chi connectivity index (χ3v) is 12.2. The van der Waals surface area contributed by atoms with Gasteiger partial charge in [0.1, 0.15) is 11.5 Å². The van der Waals surface area contributed by atoms with E-state index in [4.69, 9.17) is 19.7 Å². The second-order valence-electron chi connectivity index (χ2n) is 15.5. The normalized spacial score (nSPS) is 12.9. The number of hydrogen-bond acceptors (Lipinski definition) is 4. The standard InChI is InChI=1S/C56H35N3O/c1-3-15-36(16-4-1)39-19-11-20-41(33-39)55-58-51(37-17-5-2-6-18-37)35-52(59-55)45-25-13-29-49-54(45)60-53-42(40-31-30-38-21-14-32-57-50(38)34-40)24-12-28-48(53)56(49)46-26-9-7-22-43(46)44-23-8-10-27-47(44)56/h1-35H. The van der Waals surface area contributed by atoms with Crippen molar-refractivity contribution in [3.05, 3.63) is 235 Å². The largest absolute Gasteiger partial charge is 0.455 e. The lowest BCUT2D eigenvalue weighted by Crippen LogP contribution is -2.32. The molecule has 8 aromatic carbocycles. The summed E-state index contributed by atoms with van der Waals surface area (Å²) in [6.07, 6.45) is 1.85. The van der Waals surface area contributed by atoms with Gasteiger partial charge in [0.25, 0.3) is 0 Å². The summed E-state index contributed by atoms with van der Waals surface area (Å²) < 4.78 is 7.46. The Kier molecular flexibility index (Phi) is 7.72. The lowest BCUT2D eigenvalue weighted by molar-refractivity contribution is 0.439.